The van der Waals surface area contributed by atoms with Gasteiger partial charge < -0.3 is 16.4 Å². The fourth-order valence-corrected chi connectivity index (χ4v) is 2.78. The minimum atomic E-state index is -0.663. The normalized spacial score (nSPS) is 11.7. The first-order chi connectivity index (χ1) is 10.4. The van der Waals surface area contributed by atoms with Gasteiger partial charge in [0.25, 0.3) is 0 Å². The molecule has 0 saturated carbocycles. The summed E-state index contributed by atoms with van der Waals surface area (Å²) in [6, 6.07) is 6.46. The van der Waals surface area contributed by atoms with E-state index in [0.717, 1.165) is 16.8 Å². The van der Waals surface area contributed by atoms with Crippen molar-refractivity contribution in [1.82, 2.24) is 10.3 Å². The van der Waals surface area contributed by atoms with Gasteiger partial charge in [-0.3, -0.25) is 4.79 Å². The monoisotopic (exact) mass is 318 g/mol. The van der Waals surface area contributed by atoms with Crippen LogP contribution < -0.4 is 16.4 Å². The maximum absolute atomic E-state index is 12.1. The summed E-state index contributed by atoms with van der Waals surface area (Å²) < 4.78 is 0. The maximum Gasteiger partial charge on any atom is 0.312 e. The zero-order valence-electron chi connectivity index (χ0n) is 12.4. The summed E-state index contributed by atoms with van der Waals surface area (Å²) in [7, 11) is 0. The van der Waals surface area contributed by atoms with Crippen LogP contribution in [-0.2, 0) is 4.79 Å². The first kappa shape index (κ1) is 16.0. The van der Waals surface area contributed by atoms with Crippen molar-refractivity contribution in [1.29, 1.82) is 0 Å². The van der Waals surface area contributed by atoms with Crippen molar-refractivity contribution in [3.8, 4) is 0 Å². The quantitative estimate of drug-likeness (QED) is 0.790. The number of benzene rings is 1. The lowest BCUT2D eigenvalue weighted by atomic mass is 10.0. The molecule has 0 fully saturated rings. The molecule has 0 aliphatic heterocycles. The second-order valence-corrected chi connectivity index (χ2v) is 5.88. The molecule has 0 radical (unpaired) electrons. The largest absolute Gasteiger partial charge is 0.352 e. The highest BCUT2D eigenvalue weighted by Crippen LogP contribution is 2.20. The maximum atomic E-state index is 12.1. The van der Waals surface area contributed by atoms with Gasteiger partial charge >= 0.3 is 6.03 Å². The highest BCUT2D eigenvalue weighted by Gasteiger charge is 2.18. The number of hydrogen-bond donors (Lipinski definition) is 3. The van der Waals surface area contributed by atoms with Crippen LogP contribution in [0.5, 0.6) is 0 Å². The molecule has 2 aromatic rings. The van der Waals surface area contributed by atoms with Crippen molar-refractivity contribution in [3.05, 3.63) is 46.5 Å². The van der Waals surface area contributed by atoms with Crippen molar-refractivity contribution in [2.75, 3.05) is 5.32 Å². The van der Waals surface area contributed by atoms with Gasteiger partial charge in [0.1, 0.15) is 0 Å². The number of aryl methyl sites for hydroxylation is 2. The Kier molecular flexibility index (Phi) is 5.11. The summed E-state index contributed by atoms with van der Waals surface area (Å²) >= 11 is 1.36. The van der Waals surface area contributed by atoms with Crippen LogP contribution in [0.3, 0.4) is 0 Å². The molecule has 2 rings (SSSR count). The van der Waals surface area contributed by atoms with E-state index in [9.17, 15) is 9.59 Å². The molecule has 1 aromatic carbocycles. The Morgan fingerprint density at radius 1 is 1.36 bits per heavy atom. The molecule has 0 spiro atoms. The summed E-state index contributed by atoms with van der Waals surface area (Å²) in [5, 5.41) is 7.74. The number of hydrogen-bond acceptors (Lipinski definition) is 4. The number of amides is 3. The molecule has 4 N–H and O–H groups in total. The van der Waals surface area contributed by atoms with Crippen LogP contribution in [0, 0.1) is 13.8 Å². The molecule has 1 unspecified atom stereocenters. The summed E-state index contributed by atoms with van der Waals surface area (Å²) in [6.45, 7) is 3.81. The van der Waals surface area contributed by atoms with E-state index in [4.69, 9.17) is 5.73 Å². The van der Waals surface area contributed by atoms with E-state index in [2.05, 4.69) is 15.6 Å². The molecule has 3 amide bonds. The third kappa shape index (κ3) is 4.56. The average molecular weight is 318 g/mol. The van der Waals surface area contributed by atoms with E-state index >= 15 is 0 Å². The Bertz CT molecular complexity index is 684. The molecule has 0 aliphatic rings. The van der Waals surface area contributed by atoms with E-state index in [1.165, 1.54) is 11.3 Å². The predicted molar refractivity (Wildman–Crippen MR) is 86.7 cm³/mol. The number of urea groups is 1. The number of primary amides is 1. The predicted octanol–water partition coefficient (Wildman–Crippen LogP) is 2.50. The second-order valence-electron chi connectivity index (χ2n) is 5.02. The van der Waals surface area contributed by atoms with Crippen LogP contribution in [0.15, 0.2) is 29.6 Å². The van der Waals surface area contributed by atoms with Crippen molar-refractivity contribution in [2.24, 2.45) is 5.73 Å². The van der Waals surface area contributed by atoms with Gasteiger partial charge in [-0.2, -0.15) is 0 Å². The lowest BCUT2D eigenvalue weighted by Crippen LogP contribution is -2.35. The third-order valence-electron chi connectivity index (χ3n) is 3.02. The minimum absolute atomic E-state index is 0.0883. The topological polar surface area (TPSA) is 97.1 Å². The Morgan fingerprint density at radius 3 is 2.73 bits per heavy atom. The SMILES string of the molecule is Cc1cccc(C(CC(=O)Nc2nc(C)cs2)NC(N)=O)c1. The molecule has 0 aliphatic carbocycles. The molecular weight excluding hydrogens is 300 g/mol. The molecule has 1 atom stereocenters. The van der Waals surface area contributed by atoms with Gasteiger partial charge in [-0.25, -0.2) is 9.78 Å². The van der Waals surface area contributed by atoms with Gasteiger partial charge in [0.15, 0.2) is 5.13 Å². The number of anilines is 1. The van der Waals surface area contributed by atoms with Crippen LogP contribution in [-0.4, -0.2) is 16.9 Å². The van der Waals surface area contributed by atoms with Crippen molar-refractivity contribution in [3.63, 3.8) is 0 Å². The van der Waals surface area contributed by atoms with Crippen molar-refractivity contribution < 1.29 is 9.59 Å². The van der Waals surface area contributed by atoms with E-state index in [-0.39, 0.29) is 12.3 Å². The molecule has 1 heterocycles. The molecule has 22 heavy (non-hydrogen) atoms. The first-order valence-electron chi connectivity index (χ1n) is 6.78. The third-order valence-corrected chi connectivity index (χ3v) is 3.89. The Hall–Kier alpha value is -2.41. The van der Waals surface area contributed by atoms with Gasteiger partial charge in [0.2, 0.25) is 5.91 Å². The number of nitrogens with one attached hydrogen (secondary N) is 2. The van der Waals surface area contributed by atoms with Crippen LogP contribution in [0.25, 0.3) is 0 Å². The first-order valence-corrected chi connectivity index (χ1v) is 7.66. The van der Waals surface area contributed by atoms with Gasteiger partial charge in [-0.15, -0.1) is 11.3 Å². The van der Waals surface area contributed by atoms with Gasteiger partial charge in [-0.05, 0) is 19.4 Å². The molecule has 0 bridgehead atoms. The highest BCUT2D eigenvalue weighted by molar-refractivity contribution is 7.13. The lowest BCUT2D eigenvalue weighted by molar-refractivity contribution is -0.116. The van der Waals surface area contributed by atoms with E-state index in [0.29, 0.717) is 5.13 Å². The molecule has 7 heteroatoms. The summed E-state index contributed by atoms with van der Waals surface area (Å²) in [5.74, 6) is -0.227. The van der Waals surface area contributed by atoms with Crippen molar-refractivity contribution >= 4 is 28.4 Å². The highest BCUT2D eigenvalue weighted by atomic mass is 32.1. The molecular formula is C15H18N4O2S. The number of carbonyl (C=O) groups excluding carboxylic acids is 2. The second kappa shape index (κ2) is 7.04. The number of nitrogens with zero attached hydrogens (tertiary/aromatic N) is 1. The zero-order valence-corrected chi connectivity index (χ0v) is 13.2. The van der Waals surface area contributed by atoms with Crippen LogP contribution in [0.1, 0.15) is 29.3 Å². The zero-order chi connectivity index (χ0) is 16.1. The fraction of sp³-hybridized carbons (Fsp3) is 0.267. The smallest absolute Gasteiger partial charge is 0.312 e. The standard InChI is InChI=1S/C15H18N4O2S/c1-9-4-3-5-11(6-9)12(18-14(16)21)7-13(20)19-15-17-10(2)8-22-15/h3-6,8,12H,7H2,1-2H3,(H3,16,18,21)(H,17,19,20). The minimum Gasteiger partial charge on any atom is -0.352 e. The lowest BCUT2D eigenvalue weighted by Gasteiger charge is -2.17. The Labute approximate surface area is 132 Å². The molecule has 1 aromatic heterocycles. The van der Waals surface area contributed by atoms with Gasteiger partial charge in [0, 0.05) is 5.38 Å². The van der Waals surface area contributed by atoms with E-state index in [1.54, 1.807) is 0 Å². The molecule has 6 nitrogen and oxygen atoms in total. The number of rotatable bonds is 5. The van der Waals surface area contributed by atoms with Crippen molar-refractivity contribution in [2.45, 2.75) is 26.3 Å². The molecule has 0 saturated heterocycles. The van der Waals surface area contributed by atoms with Crippen LogP contribution in [0.2, 0.25) is 0 Å². The van der Waals surface area contributed by atoms with E-state index in [1.807, 2.05) is 43.5 Å². The number of thiazole rings is 1. The van der Waals surface area contributed by atoms with Gasteiger partial charge in [-0.1, -0.05) is 29.8 Å². The van der Waals surface area contributed by atoms with Gasteiger partial charge in [0.05, 0.1) is 18.2 Å². The average Bonchev–Trinajstić information content (AvgIpc) is 2.82. The van der Waals surface area contributed by atoms with Crippen LogP contribution >= 0.6 is 11.3 Å². The van der Waals surface area contributed by atoms with Crippen LogP contribution in [0.4, 0.5) is 9.93 Å². The number of carbonyl (C=O) groups is 2. The Balaban J connectivity index is 2.09. The fourth-order valence-electron chi connectivity index (χ4n) is 2.08. The number of aromatic nitrogens is 1. The molecule has 116 valence electrons. The summed E-state index contributed by atoms with van der Waals surface area (Å²) in [6.07, 6.45) is 0.0883. The number of nitrogens with two attached hydrogens (primary N) is 1. The summed E-state index contributed by atoms with van der Waals surface area (Å²) in [4.78, 5) is 27.5. The summed E-state index contributed by atoms with van der Waals surface area (Å²) in [5.41, 5.74) is 7.94. The van der Waals surface area contributed by atoms with E-state index < -0.39 is 12.1 Å². The Morgan fingerprint density at radius 2 is 2.14 bits per heavy atom.